The fourth-order valence-corrected chi connectivity index (χ4v) is 2.95. The number of para-hydroxylation sites is 1. The summed E-state index contributed by atoms with van der Waals surface area (Å²) >= 11 is 0. The number of aromatic amines is 1. The van der Waals surface area contributed by atoms with Crippen molar-refractivity contribution in [2.24, 2.45) is 5.92 Å². The number of carboxylic acids is 1. The van der Waals surface area contributed by atoms with Gasteiger partial charge in [-0.1, -0.05) is 26.0 Å². The smallest absolute Gasteiger partial charge is 0.305 e. The van der Waals surface area contributed by atoms with E-state index >= 15 is 0 Å². The number of carbonyl (C=O) groups is 2. The van der Waals surface area contributed by atoms with Gasteiger partial charge in [0.05, 0.1) is 23.5 Å². The van der Waals surface area contributed by atoms with Gasteiger partial charge < -0.3 is 15.0 Å². The van der Waals surface area contributed by atoms with E-state index in [1.165, 1.54) is 15.6 Å². The molecule has 3 rings (SSSR count). The summed E-state index contributed by atoms with van der Waals surface area (Å²) in [5.41, 5.74) is 0.858. The molecular weight excluding hydrogens is 336 g/mol. The maximum Gasteiger partial charge on any atom is 0.305 e. The molecule has 0 saturated carbocycles. The molecule has 0 unspecified atom stereocenters. The lowest BCUT2D eigenvalue weighted by molar-refractivity contribution is -0.137. The average Bonchev–Trinajstić information content (AvgIpc) is 3.01. The predicted octanol–water partition coefficient (Wildman–Crippen LogP) is 1.75. The van der Waals surface area contributed by atoms with Crippen molar-refractivity contribution >= 4 is 28.4 Å². The van der Waals surface area contributed by atoms with Crippen LogP contribution in [0.1, 0.15) is 30.6 Å². The summed E-state index contributed by atoms with van der Waals surface area (Å²) in [5, 5.41) is 13.7. The molecule has 26 heavy (non-hydrogen) atoms. The lowest BCUT2D eigenvalue weighted by Crippen LogP contribution is -2.36. The summed E-state index contributed by atoms with van der Waals surface area (Å²) in [7, 11) is 0. The highest BCUT2D eigenvalue weighted by atomic mass is 16.4. The number of carboxylic acid groups (broad SMARTS) is 1. The quantitative estimate of drug-likeness (QED) is 0.699. The molecule has 8 heteroatoms. The second-order valence-corrected chi connectivity index (χ2v) is 6.58. The molecule has 1 amide bonds. The molecule has 1 aromatic carbocycles. The van der Waals surface area contributed by atoms with Crippen molar-refractivity contribution in [2.45, 2.75) is 20.3 Å². The number of rotatable bonds is 6. The Kier molecular flexibility index (Phi) is 4.75. The number of aromatic nitrogens is 3. The van der Waals surface area contributed by atoms with E-state index in [-0.39, 0.29) is 35.9 Å². The Hall–Kier alpha value is -3.16. The van der Waals surface area contributed by atoms with Gasteiger partial charge in [-0.15, -0.1) is 0 Å². The first-order valence-corrected chi connectivity index (χ1v) is 8.38. The van der Waals surface area contributed by atoms with Gasteiger partial charge in [0, 0.05) is 13.1 Å². The largest absolute Gasteiger partial charge is 0.481 e. The molecule has 0 spiro atoms. The van der Waals surface area contributed by atoms with Crippen molar-refractivity contribution in [3.63, 3.8) is 0 Å². The van der Waals surface area contributed by atoms with E-state index < -0.39 is 5.97 Å². The highest BCUT2D eigenvalue weighted by Crippen LogP contribution is 2.16. The number of benzene rings is 1. The van der Waals surface area contributed by atoms with Crippen LogP contribution in [-0.2, 0) is 4.79 Å². The molecule has 0 aliphatic heterocycles. The third-order valence-corrected chi connectivity index (χ3v) is 4.08. The van der Waals surface area contributed by atoms with Gasteiger partial charge in [0.15, 0.2) is 0 Å². The van der Waals surface area contributed by atoms with E-state index in [1.807, 2.05) is 13.8 Å². The van der Waals surface area contributed by atoms with Gasteiger partial charge in [-0.3, -0.25) is 14.4 Å². The normalized spacial score (nSPS) is 11.3. The Labute approximate surface area is 149 Å². The number of hydrogen-bond acceptors (Lipinski definition) is 4. The minimum Gasteiger partial charge on any atom is -0.481 e. The summed E-state index contributed by atoms with van der Waals surface area (Å²) < 4.78 is 1.52. The number of aliphatic carboxylic acids is 1. The summed E-state index contributed by atoms with van der Waals surface area (Å²) in [6.45, 7) is 4.42. The Morgan fingerprint density at radius 2 is 2.04 bits per heavy atom. The van der Waals surface area contributed by atoms with Crippen molar-refractivity contribution in [1.29, 1.82) is 0 Å². The van der Waals surface area contributed by atoms with Gasteiger partial charge in [-0.05, 0) is 18.1 Å². The molecule has 2 heterocycles. The first-order chi connectivity index (χ1) is 12.4. The topological polar surface area (TPSA) is 108 Å². The maximum atomic E-state index is 13.0. The van der Waals surface area contributed by atoms with Gasteiger partial charge >= 0.3 is 5.97 Å². The van der Waals surface area contributed by atoms with Crippen molar-refractivity contribution in [3.05, 3.63) is 46.4 Å². The zero-order chi connectivity index (χ0) is 18.8. The van der Waals surface area contributed by atoms with Crippen LogP contribution in [-0.4, -0.2) is 49.6 Å². The molecule has 8 nitrogen and oxygen atoms in total. The second-order valence-electron chi connectivity index (χ2n) is 6.58. The molecule has 0 atom stereocenters. The molecule has 2 N–H and O–H groups in total. The van der Waals surface area contributed by atoms with E-state index in [1.54, 1.807) is 24.3 Å². The summed E-state index contributed by atoms with van der Waals surface area (Å²) in [5.74, 6) is -1.14. The number of H-pyrrole nitrogens is 1. The van der Waals surface area contributed by atoms with Crippen molar-refractivity contribution < 1.29 is 14.7 Å². The highest BCUT2D eigenvalue weighted by molar-refractivity contribution is 6.00. The predicted molar refractivity (Wildman–Crippen MR) is 96.3 cm³/mol. The number of carbonyl (C=O) groups excluding carboxylic acids is 1. The van der Waals surface area contributed by atoms with Crippen LogP contribution < -0.4 is 5.56 Å². The maximum absolute atomic E-state index is 13.0. The number of hydrogen-bond donors (Lipinski definition) is 2. The van der Waals surface area contributed by atoms with E-state index in [2.05, 4.69) is 10.1 Å². The standard InChI is InChI=1S/C18H20N4O4/c1-11(2)10-21(8-7-15(23)24)18(26)13-9-19-22-14-6-4-3-5-12(14)17(25)20-16(13)22/h3-6,9,11H,7-8,10H2,1-2H3,(H,20,25)(H,23,24). The molecule has 0 saturated heterocycles. The molecule has 0 radical (unpaired) electrons. The van der Waals surface area contributed by atoms with Gasteiger partial charge in [-0.25, -0.2) is 4.52 Å². The minimum atomic E-state index is -0.967. The van der Waals surface area contributed by atoms with Gasteiger partial charge in [0.1, 0.15) is 11.2 Å². The molecular formula is C18H20N4O4. The van der Waals surface area contributed by atoms with Crippen LogP contribution in [0.2, 0.25) is 0 Å². The van der Waals surface area contributed by atoms with E-state index in [4.69, 9.17) is 5.11 Å². The minimum absolute atomic E-state index is 0.0987. The van der Waals surface area contributed by atoms with Crippen LogP contribution in [0, 0.1) is 5.92 Å². The third kappa shape index (κ3) is 3.30. The Bertz CT molecular complexity index is 1030. The van der Waals surface area contributed by atoms with Crippen LogP contribution in [0.25, 0.3) is 16.6 Å². The van der Waals surface area contributed by atoms with Gasteiger partial charge in [0.25, 0.3) is 11.5 Å². The lowest BCUT2D eigenvalue weighted by Gasteiger charge is -2.23. The van der Waals surface area contributed by atoms with Gasteiger partial charge in [0.2, 0.25) is 0 Å². The Morgan fingerprint density at radius 3 is 2.73 bits per heavy atom. The Morgan fingerprint density at radius 1 is 1.31 bits per heavy atom. The fourth-order valence-electron chi connectivity index (χ4n) is 2.95. The van der Waals surface area contributed by atoms with E-state index in [9.17, 15) is 14.4 Å². The zero-order valence-corrected chi connectivity index (χ0v) is 14.6. The Balaban J connectivity index is 2.06. The number of nitrogens with one attached hydrogen (secondary N) is 1. The first kappa shape index (κ1) is 17.7. The monoisotopic (exact) mass is 356 g/mol. The summed E-state index contributed by atoms with van der Waals surface area (Å²) in [4.78, 5) is 40.4. The van der Waals surface area contributed by atoms with Crippen LogP contribution in [0.3, 0.4) is 0 Å². The van der Waals surface area contributed by atoms with Crippen molar-refractivity contribution in [2.75, 3.05) is 13.1 Å². The summed E-state index contributed by atoms with van der Waals surface area (Å²) in [6.07, 6.45) is 1.27. The number of nitrogens with zero attached hydrogens (tertiary/aromatic N) is 3. The van der Waals surface area contributed by atoms with Crippen LogP contribution in [0.4, 0.5) is 0 Å². The fraction of sp³-hybridized carbons (Fsp3) is 0.333. The SMILES string of the molecule is CC(C)CN(CCC(=O)O)C(=O)c1cnn2c1[nH]c(=O)c1ccccc12. The molecule has 2 aromatic heterocycles. The van der Waals surface area contributed by atoms with Crippen LogP contribution in [0.15, 0.2) is 35.3 Å². The zero-order valence-electron chi connectivity index (χ0n) is 14.6. The van der Waals surface area contributed by atoms with E-state index in [0.717, 1.165) is 0 Å². The molecule has 136 valence electrons. The molecule has 0 aliphatic carbocycles. The van der Waals surface area contributed by atoms with Gasteiger partial charge in [-0.2, -0.15) is 5.10 Å². The number of fused-ring (bicyclic) bond motifs is 3. The molecule has 0 fully saturated rings. The molecule has 3 aromatic rings. The molecule has 0 aliphatic rings. The van der Waals surface area contributed by atoms with Crippen molar-refractivity contribution in [1.82, 2.24) is 19.5 Å². The van der Waals surface area contributed by atoms with Crippen LogP contribution >= 0.6 is 0 Å². The summed E-state index contributed by atoms with van der Waals surface area (Å²) in [6, 6.07) is 7.00. The number of amides is 1. The highest BCUT2D eigenvalue weighted by Gasteiger charge is 2.22. The van der Waals surface area contributed by atoms with Crippen LogP contribution in [0.5, 0.6) is 0 Å². The third-order valence-electron chi connectivity index (χ3n) is 4.08. The second kappa shape index (κ2) is 6.99. The van der Waals surface area contributed by atoms with Crippen molar-refractivity contribution in [3.8, 4) is 0 Å². The molecule has 0 bridgehead atoms. The first-order valence-electron chi connectivity index (χ1n) is 8.38. The lowest BCUT2D eigenvalue weighted by atomic mass is 10.1. The average molecular weight is 356 g/mol. The van der Waals surface area contributed by atoms with E-state index in [0.29, 0.717) is 23.1 Å².